The van der Waals surface area contributed by atoms with E-state index < -0.39 is 0 Å². The van der Waals surface area contributed by atoms with Crippen molar-refractivity contribution >= 4 is 16.3 Å². The zero-order valence-corrected chi connectivity index (χ0v) is 10.5. The number of hydrogen-bond donors (Lipinski definition) is 1. The smallest absolute Gasteiger partial charge is 0.193 e. The number of fused-ring (bicyclic) bond motifs is 2. The summed E-state index contributed by atoms with van der Waals surface area (Å²) in [5.74, 6) is 1.75. The van der Waals surface area contributed by atoms with Crippen molar-refractivity contribution in [3.63, 3.8) is 0 Å². The van der Waals surface area contributed by atoms with Gasteiger partial charge in [0.2, 0.25) is 0 Å². The first kappa shape index (κ1) is 10.1. The monoisotopic (exact) mass is 248 g/mol. The Morgan fingerprint density at radius 1 is 1.35 bits per heavy atom. The van der Waals surface area contributed by atoms with E-state index in [0.29, 0.717) is 0 Å². The predicted molar refractivity (Wildman–Crippen MR) is 68.2 cm³/mol. The van der Waals surface area contributed by atoms with Crippen molar-refractivity contribution in [1.82, 2.24) is 19.6 Å². The molecule has 2 aromatic rings. The molecule has 4 rings (SSSR count). The first-order valence-electron chi connectivity index (χ1n) is 6.22. The summed E-state index contributed by atoms with van der Waals surface area (Å²) in [4.78, 5) is 8.32. The molecule has 1 N–H and O–H groups in total. The summed E-state index contributed by atoms with van der Waals surface area (Å²) in [5, 5.41) is 5.56. The lowest BCUT2D eigenvalue weighted by Gasteiger charge is -2.14. The highest BCUT2D eigenvalue weighted by molar-refractivity contribution is 7.15. The van der Waals surface area contributed by atoms with Crippen LogP contribution in [0.2, 0.25) is 0 Å². The zero-order valence-electron chi connectivity index (χ0n) is 9.67. The molecule has 2 fully saturated rings. The van der Waals surface area contributed by atoms with E-state index in [4.69, 9.17) is 0 Å². The van der Waals surface area contributed by atoms with Gasteiger partial charge >= 0.3 is 0 Å². The maximum absolute atomic E-state index is 4.65. The van der Waals surface area contributed by atoms with Crippen molar-refractivity contribution in [1.29, 1.82) is 0 Å². The van der Waals surface area contributed by atoms with Crippen LogP contribution in [0.3, 0.4) is 0 Å². The largest absolute Gasteiger partial charge is 0.316 e. The van der Waals surface area contributed by atoms with Gasteiger partial charge in [0.25, 0.3) is 0 Å². The average molecular weight is 248 g/mol. The van der Waals surface area contributed by atoms with Crippen molar-refractivity contribution in [3.8, 4) is 0 Å². The van der Waals surface area contributed by atoms with Gasteiger partial charge in [0.05, 0.1) is 5.69 Å². The summed E-state index contributed by atoms with van der Waals surface area (Å²) < 4.78 is 2.12. The third-order valence-electron chi connectivity index (χ3n) is 3.99. The van der Waals surface area contributed by atoms with Crippen LogP contribution in [0.25, 0.3) is 4.96 Å². The molecule has 0 aliphatic carbocycles. The van der Waals surface area contributed by atoms with Gasteiger partial charge in [-0.1, -0.05) is 0 Å². The zero-order chi connectivity index (χ0) is 11.2. The summed E-state index contributed by atoms with van der Waals surface area (Å²) in [6.07, 6.45) is 4.25. The molecular formula is C12H16N4S. The van der Waals surface area contributed by atoms with Crippen molar-refractivity contribution in [2.45, 2.75) is 6.54 Å². The van der Waals surface area contributed by atoms with Crippen LogP contribution < -0.4 is 5.32 Å². The van der Waals surface area contributed by atoms with E-state index in [9.17, 15) is 0 Å². The van der Waals surface area contributed by atoms with E-state index in [2.05, 4.69) is 37.4 Å². The van der Waals surface area contributed by atoms with Crippen LogP contribution in [0.5, 0.6) is 0 Å². The quantitative estimate of drug-likeness (QED) is 0.862. The number of nitrogens with one attached hydrogen (secondary N) is 1. The Bertz CT molecular complexity index is 491. The Morgan fingerprint density at radius 3 is 2.94 bits per heavy atom. The summed E-state index contributed by atoms with van der Waals surface area (Å²) in [5.41, 5.74) is 1.21. The molecule has 4 heterocycles. The fourth-order valence-electron chi connectivity index (χ4n) is 3.16. The van der Waals surface area contributed by atoms with Crippen molar-refractivity contribution in [3.05, 3.63) is 23.5 Å². The molecule has 0 radical (unpaired) electrons. The predicted octanol–water partition coefficient (Wildman–Crippen LogP) is 1.05. The van der Waals surface area contributed by atoms with E-state index in [0.717, 1.165) is 23.3 Å². The summed E-state index contributed by atoms with van der Waals surface area (Å²) >= 11 is 1.71. The lowest BCUT2D eigenvalue weighted by molar-refractivity contribution is 0.302. The topological polar surface area (TPSA) is 32.6 Å². The molecule has 0 aromatic carbocycles. The Balaban J connectivity index is 1.49. The molecule has 0 spiro atoms. The Morgan fingerprint density at radius 2 is 2.18 bits per heavy atom. The molecule has 2 aliphatic heterocycles. The molecule has 2 aromatic heterocycles. The molecule has 5 heteroatoms. The number of hydrogen-bond acceptors (Lipinski definition) is 4. The van der Waals surface area contributed by atoms with Gasteiger partial charge in [-0.15, -0.1) is 11.3 Å². The highest BCUT2D eigenvalue weighted by atomic mass is 32.1. The second kappa shape index (κ2) is 3.80. The van der Waals surface area contributed by atoms with E-state index in [1.807, 2.05) is 0 Å². The maximum atomic E-state index is 4.65. The van der Waals surface area contributed by atoms with E-state index >= 15 is 0 Å². The van der Waals surface area contributed by atoms with E-state index in [1.54, 1.807) is 11.3 Å². The minimum absolute atomic E-state index is 0.874. The molecule has 2 atom stereocenters. The van der Waals surface area contributed by atoms with Crippen molar-refractivity contribution in [2.75, 3.05) is 26.2 Å². The van der Waals surface area contributed by atoms with Gasteiger partial charge in [-0.25, -0.2) is 4.98 Å². The Labute approximate surface area is 104 Å². The van der Waals surface area contributed by atoms with Crippen LogP contribution >= 0.6 is 11.3 Å². The Hall–Kier alpha value is -0.910. The van der Waals surface area contributed by atoms with Crippen molar-refractivity contribution in [2.24, 2.45) is 11.8 Å². The van der Waals surface area contributed by atoms with Gasteiger partial charge < -0.3 is 5.32 Å². The highest BCUT2D eigenvalue weighted by Gasteiger charge is 2.35. The Kier molecular flexibility index (Phi) is 2.25. The first-order valence-corrected chi connectivity index (χ1v) is 7.10. The average Bonchev–Trinajstić information content (AvgIpc) is 2.93. The van der Waals surface area contributed by atoms with Crippen LogP contribution in [0.4, 0.5) is 0 Å². The molecule has 0 amide bonds. The van der Waals surface area contributed by atoms with Crippen LogP contribution in [0.1, 0.15) is 5.69 Å². The second-order valence-electron chi connectivity index (χ2n) is 5.20. The van der Waals surface area contributed by atoms with Gasteiger partial charge in [0, 0.05) is 37.4 Å². The van der Waals surface area contributed by atoms with E-state index in [1.165, 1.54) is 31.9 Å². The van der Waals surface area contributed by atoms with Gasteiger partial charge in [-0.3, -0.25) is 9.30 Å². The summed E-state index contributed by atoms with van der Waals surface area (Å²) in [6.45, 7) is 5.91. The number of aromatic nitrogens is 2. The first-order chi connectivity index (χ1) is 8.38. The van der Waals surface area contributed by atoms with Crippen LogP contribution in [-0.4, -0.2) is 40.5 Å². The van der Waals surface area contributed by atoms with Gasteiger partial charge in [0.1, 0.15) is 0 Å². The van der Waals surface area contributed by atoms with Gasteiger partial charge in [-0.05, 0) is 24.9 Å². The van der Waals surface area contributed by atoms with Crippen LogP contribution in [0, 0.1) is 11.8 Å². The van der Waals surface area contributed by atoms with Gasteiger partial charge in [-0.2, -0.15) is 0 Å². The molecule has 90 valence electrons. The third kappa shape index (κ3) is 1.69. The van der Waals surface area contributed by atoms with Crippen LogP contribution in [-0.2, 0) is 6.54 Å². The SMILES string of the molecule is c1cn2cc(CN3C[C@H]4CNC[C@H]4C3)nc2s1. The lowest BCUT2D eigenvalue weighted by Crippen LogP contribution is -2.25. The molecule has 4 nitrogen and oxygen atoms in total. The standard InChI is InChI=1S/C12H16N4S/c1-2-17-12-14-11(8-16(1)12)7-15-5-9-3-13-4-10(9)6-15/h1-2,8-10,13H,3-7H2/t9-,10+. The maximum Gasteiger partial charge on any atom is 0.193 e. The molecule has 0 unspecified atom stereocenters. The number of likely N-dealkylation sites (tertiary alicyclic amines) is 1. The number of thiazole rings is 1. The number of nitrogens with zero attached hydrogens (tertiary/aromatic N) is 3. The van der Waals surface area contributed by atoms with Crippen molar-refractivity contribution < 1.29 is 0 Å². The highest BCUT2D eigenvalue weighted by Crippen LogP contribution is 2.27. The molecule has 0 saturated carbocycles. The minimum Gasteiger partial charge on any atom is -0.316 e. The lowest BCUT2D eigenvalue weighted by atomic mass is 10.0. The summed E-state index contributed by atoms with van der Waals surface area (Å²) in [6, 6.07) is 0. The molecule has 2 saturated heterocycles. The molecule has 2 aliphatic rings. The normalized spacial score (nSPS) is 29.2. The summed E-state index contributed by atoms with van der Waals surface area (Å²) in [7, 11) is 0. The van der Waals surface area contributed by atoms with Crippen LogP contribution in [0.15, 0.2) is 17.8 Å². The van der Waals surface area contributed by atoms with E-state index in [-0.39, 0.29) is 0 Å². The fourth-order valence-corrected chi connectivity index (χ4v) is 3.88. The minimum atomic E-state index is 0.874. The molecule has 0 bridgehead atoms. The third-order valence-corrected chi connectivity index (χ3v) is 4.76. The number of rotatable bonds is 2. The second-order valence-corrected chi connectivity index (χ2v) is 6.07. The number of imidazole rings is 1. The van der Waals surface area contributed by atoms with Gasteiger partial charge in [0.15, 0.2) is 4.96 Å². The molecule has 17 heavy (non-hydrogen) atoms. The fraction of sp³-hybridized carbons (Fsp3) is 0.583. The molecular weight excluding hydrogens is 232 g/mol.